The molecule has 1 aliphatic carbocycles. The van der Waals surface area contributed by atoms with Crippen LogP contribution in [-0.4, -0.2) is 23.7 Å². The summed E-state index contributed by atoms with van der Waals surface area (Å²) in [6.45, 7) is 4.21. The minimum Gasteiger partial charge on any atom is -0.509 e. The monoisotopic (exact) mass is 349 g/mol. The van der Waals surface area contributed by atoms with Gasteiger partial charge in [-0.3, -0.25) is 4.79 Å². The number of amides is 1. The van der Waals surface area contributed by atoms with Crippen LogP contribution in [0.3, 0.4) is 0 Å². The Morgan fingerprint density at radius 2 is 2.04 bits per heavy atom. The fraction of sp³-hybridized carbons (Fsp3) is 0.526. The SMILES string of the molecule is CCc1cc(Cl)cc(OC)c1C1=C(O)C2(CCC(C)CC2)NC1=O. The number of ether oxygens (including phenoxy) is 1. The summed E-state index contributed by atoms with van der Waals surface area (Å²) >= 11 is 6.16. The molecule has 4 nitrogen and oxygen atoms in total. The topological polar surface area (TPSA) is 58.6 Å². The number of halogens is 1. The number of carbonyl (C=O) groups excluding carboxylic acids is 1. The van der Waals surface area contributed by atoms with Crippen LogP contribution in [0.15, 0.2) is 17.9 Å². The van der Waals surface area contributed by atoms with Crippen molar-refractivity contribution < 1.29 is 14.6 Å². The fourth-order valence-corrected chi connectivity index (χ4v) is 4.12. The van der Waals surface area contributed by atoms with Crippen molar-refractivity contribution in [2.75, 3.05) is 7.11 Å². The van der Waals surface area contributed by atoms with Gasteiger partial charge in [0.1, 0.15) is 11.5 Å². The van der Waals surface area contributed by atoms with Gasteiger partial charge < -0.3 is 15.2 Å². The van der Waals surface area contributed by atoms with Crippen molar-refractivity contribution in [3.63, 3.8) is 0 Å². The Balaban J connectivity index is 2.15. The minimum atomic E-state index is -0.616. The van der Waals surface area contributed by atoms with Crippen molar-refractivity contribution in [1.82, 2.24) is 5.32 Å². The maximum Gasteiger partial charge on any atom is 0.256 e. The van der Waals surface area contributed by atoms with E-state index in [4.69, 9.17) is 16.3 Å². The van der Waals surface area contributed by atoms with Crippen LogP contribution in [0, 0.1) is 5.92 Å². The van der Waals surface area contributed by atoms with E-state index in [0.29, 0.717) is 34.2 Å². The van der Waals surface area contributed by atoms with E-state index in [-0.39, 0.29) is 11.7 Å². The van der Waals surface area contributed by atoms with Crippen LogP contribution in [0.4, 0.5) is 0 Å². The molecule has 2 aliphatic rings. The molecule has 1 heterocycles. The van der Waals surface area contributed by atoms with E-state index >= 15 is 0 Å². The van der Waals surface area contributed by atoms with E-state index in [1.165, 1.54) is 0 Å². The molecule has 1 aromatic carbocycles. The van der Waals surface area contributed by atoms with Gasteiger partial charge in [-0.05, 0) is 55.7 Å². The number of aliphatic hydroxyl groups is 1. The number of carbonyl (C=O) groups is 1. The first kappa shape index (κ1) is 17.2. The largest absolute Gasteiger partial charge is 0.509 e. The Hall–Kier alpha value is -1.68. The van der Waals surface area contributed by atoms with Crippen LogP contribution in [0.25, 0.3) is 5.57 Å². The Morgan fingerprint density at radius 1 is 1.38 bits per heavy atom. The quantitative estimate of drug-likeness (QED) is 0.857. The van der Waals surface area contributed by atoms with E-state index in [2.05, 4.69) is 12.2 Å². The number of aliphatic hydroxyl groups excluding tert-OH is 1. The Morgan fingerprint density at radius 3 is 2.62 bits per heavy atom. The maximum atomic E-state index is 12.7. The highest BCUT2D eigenvalue weighted by molar-refractivity contribution is 6.31. The lowest BCUT2D eigenvalue weighted by molar-refractivity contribution is -0.116. The summed E-state index contributed by atoms with van der Waals surface area (Å²) in [7, 11) is 1.55. The van der Waals surface area contributed by atoms with Gasteiger partial charge in [0.25, 0.3) is 5.91 Å². The molecule has 0 unspecified atom stereocenters. The molecule has 0 bridgehead atoms. The second kappa shape index (κ2) is 6.32. The van der Waals surface area contributed by atoms with Crippen LogP contribution in [-0.2, 0) is 11.2 Å². The summed E-state index contributed by atoms with van der Waals surface area (Å²) in [6, 6.07) is 3.53. The molecule has 1 saturated carbocycles. The molecule has 24 heavy (non-hydrogen) atoms. The van der Waals surface area contributed by atoms with Crippen LogP contribution in [0.5, 0.6) is 5.75 Å². The molecule has 1 fully saturated rings. The molecule has 3 rings (SSSR count). The summed E-state index contributed by atoms with van der Waals surface area (Å²) in [4.78, 5) is 12.7. The van der Waals surface area contributed by atoms with E-state index in [1.807, 2.05) is 13.0 Å². The second-order valence-corrected chi connectivity index (χ2v) is 7.37. The third-order valence-electron chi connectivity index (χ3n) is 5.40. The van der Waals surface area contributed by atoms with Gasteiger partial charge in [0.15, 0.2) is 0 Å². The van der Waals surface area contributed by atoms with Crippen LogP contribution >= 0.6 is 11.6 Å². The first-order valence-corrected chi connectivity index (χ1v) is 8.92. The van der Waals surface area contributed by atoms with Crippen LogP contribution < -0.4 is 10.1 Å². The molecular formula is C19H24ClNO3. The normalized spacial score (nSPS) is 26.8. The summed E-state index contributed by atoms with van der Waals surface area (Å²) in [6.07, 6.45) is 4.23. The van der Waals surface area contributed by atoms with Crippen molar-refractivity contribution in [3.05, 3.63) is 34.0 Å². The number of hydrogen-bond acceptors (Lipinski definition) is 3. The molecule has 130 valence electrons. The lowest BCUT2D eigenvalue weighted by atomic mass is 9.76. The van der Waals surface area contributed by atoms with Crippen LogP contribution in [0.1, 0.15) is 50.7 Å². The van der Waals surface area contributed by atoms with E-state index < -0.39 is 5.54 Å². The highest BCUT2D eigenvalue weighted by atomic mass is 35.5. The van der Waals surface area contributed by atoms with Gasteiger partial charge in [-0.15, -0.1) is 0 Å². The molecule has 0 aromatic heterocycles. The van der Waals surface area contributed by atoms with Gasteiger partial charge in [-0.1, -0.05) is 25.4 Å². The summed E-state index contributed by atoms with van der Waals surface area (Å²) < 4.78 is 5.46. The average molecular weight is 350 g/mol. The molecule has 1 aromatic rings. The average Bonchev–Trinajstić information content (AvgIpc) is 2.80. The van der Waals surface area contributed by atoms with Gasteiger partial charge in [-0.2, -0.15) is 0 Å². The molecule has 2 N–H and O–H groups in total. The van der Waals surface area contributed by atoms with Crippen molar-refractivity contribution in [1.29, 1.82) is 0 Å². The summed E-state index contributed by atoms with van der Waals surface area (Å²) in [5, 5.41) is 14.6. The molecule has 0 radical (unpaired) electrons. The van der Waals surface area contributed by atoms with Crippen molar-refractivity contribution in [3.8, 4) is 5.75 Å². The molecule has 0 atom stereocenters. The zero-order valence-corrected chi connectivity index (χ0v) is 15.2. The Bertz CT molecular complexity index is 678. The predicted molar refractivity (Wildman–Crippen MR) is 95.4 cm³/mol. The molecular weight excluding hydrogens is 326 g/mol. The standard InChI is InChI=1S/C19H24ClNO3/c1-4-12-9-13(20)10-14(24-3)15(12)16-17(22)19(21-18(16)23)7-5-11(2)6-8-19/h9-11,22H,4-8H2,1-3H3,(H,21,23). The van der Waals surface area contributed by atoms with Crippen molar-refractivity contribution >= 4 is 23.1 Å². The first-order chi connectivity index (χ1) is 11.4. The molecule has 5 heteroatoms. The van der Waals surface area contributed by atoms with Crippen molar-refractivity contribution in [2.24, 2.45) is 5.92 Å². The van der Waals surface area contributed by atoms with Crippen LogP contribution in [0.2, 0.25) is 5.02 Å². The van der Waals surface area contributed by atoms with E-state index in [9.17, 15) is 9.90 Å². The predicted octanol–water partition coefficient (Wildman–Crippen LogP) is 4.26. The zero-order valence-electron chi connectivity index (χ0n) is 14.4. The second-order valence-electron chi connectivity index (χ2n) is 6.94. The molecule has 1 spiro atoms. The summed E-state index contributed by atoms with van der Waals surface area (Å²) in [5.41, 5.74) is 1.29. The fourth-order valence-electron chi connectivity index (χ4n) is 3.89. The van der Waals surface area contributed by atoms with Gasteiger partial charge in [0.2, 0.25) is 0 Å². The van der Waals surface area contributed by atoms with E-state index in [1.54, 1.807) is 13.2 Å². The molecule has 0 saturated heterocycles. The number of benzene rings is 1. The Kier molecular flexibility index (Phi) is 4.52. The third kappa shape index (κ3) is 2.67. The van der Waals surface area contributed by atoms with Gasteiger partial charge in [0.05, 0.1) is 18.2 Å². The number of nitrogens with one attached hydrogen (secondary N) is 1. The Labute approximate surface area is 147 Å². The zero-order chi connectivity index (χ0) is 17.5. The number of rotatable bonds is 3. The lowest BCUT2D eigenvalue weighted by Crippen LogP contribution is -2.47. The highest BCUT2D eigenvalue weighted by Gasteiger charge is 2.48. The lowest BCUT2D eigenvalue weighted by Gasteiger charge is -2.36. The minimum absolute atomic E-state index is 0.162. The van der Waals surface area contributed by atoms with Gasteiger partial charge in [-0.25, -0.2) is 0 Å². The smallest absolute Gasteiger partial charge is 0.256 e. The summed E-state index contributed by atoms with van der Waals surface area (Å²) in [5.74, 6) is 1.09. The maximum absolute atomic E-state index is 12.7. The van der Waals surface area contributed by atoms with Gasteiger partial charge in [0, 0.05) is 10.6 Å². The number of aryl methyl sites for hydroxylation is 1. The third-order valence-corrected chi connectivity index (χ3v) is 5.62. The number of methoxy groups -OCH3 is 1. The number of hydrogen-bond donors (Lipinski definition) is 2. The van der Waals surface area contributed by atoms with Crippen molar-refractivity contribution in [2.45, 2.75) is 51.5 Å². The first-order valence-electron chi connectivity index (χ1n) is 8.55. The van der Waals surface area contributed by atoms with E-state index in [0.717, 1.165) is 31.2 Å². The molecule has 1 amide bonds. The molecule has 1 aliphatic heterocycles. The van der Waals surface area contributed by atoms with Gasteiger partial charge >= 0.3 is 0 Å². The highest BCUT2D eigenvalue weighted by Crippen LogP contribution is 2.45.